The maximum Gasteiger partial charge on any atom is 0.246 e. The second-order valence-corrected chi connectivity index (χ2v) is 6.09. The predicted octanol–water partition coefficient (Wildman–Crippen LogP) is 0.829. The highest BCUT2D eigenvalue weighted by atomic mass is 32.2. The molecule has 5 nitrogen and oxygen atoms in total. The van der Waals surface area contributed by atoms with E-state index in [9.17, 15) is 8.42 Å². The van der Waals surface area contributed by atoms with Gasteiger partial charge in [-0.15, -0.1) is 0 Å². The van der Waals surface area contributed by atoms with Crippen molar-refractivity contribution in [1.82, 2.24) is 14.5 Å². The minimum Gasteiger partial charge on any atom is -0.284 e. The third-order valence-electron chi connectivity index (χ3n) is 2.81. The Balaban J connectivity index is 2.31. The van der Waals surface area contributed by atoms with Crippen molar-refractivity contribution in [3.05, 3.63) is 12.4 Å². The van der Waals surface area contributed by atoms with Crippen molar-refractivity contribution < 1.29 is 8.42 Å². The molecule has 1 aromatic heterocycles. The lowest BCUT2D eigenvalue weighted by atomic mass is 10.1. The van der Waals surface area contributed by atoms with E-state index in [0.717, 1.165) is 6.42 Å². The summed E-state index contributed by atoms with van der Waals surface area (Å²) in [5, 5.41) is 6.20. The molecule has 1 saturated heterocycles. The number of aromatic nitrogens is 2. The monoisotopic (exact) mass is 229 g/mol. The van der Waals surface area contributed by atoms with Crippen molar-refractivity contribution in [2.24, 2.45) is 5.92 Å². The molecule has 2 heterocycles. The Hall–Kier alpha value is -0.880. The van der Waals surface area contributed by atoms with Gasteiger partial charge < -0.3 is 0 Å². The van der Waals surface area contributed by atoms with Gasteiger partial charge in [-0.1, -0.05) is 6.92 Å². The second kappa shape index (κ2) is 3.61. The zero-order chi connectivity index (χ0) is 11.1. The first-order valence-corrected chi connectivity index (χ1v) is 6.46. The SMILES string of the molecule is CC1CC(C)N(S(=O)(=O)c2cn[nH]c2)C1. The van der Waals surface area contributed by atoms with Crippen LogP contribution in [0.3, 0.4) is 0 Å². The zero-order valence-corrected chi connectivity index (χ0v) is 9.66. The summed E-state index contributed by atoms with van der Waals surface area (Å²) < 4.78 is 25.8. The van der Waals surface area contributed by atoms with Crippen LogP contribution in [0.25, 0.3) is 0 Å². The van der Waals surface area contributed by atoms with Gasteiger partial charge in [0.1, 0.15) is 4.90 Å². The van der Waals surface area contributed by atoms with Crippen LogP contribution in [0.5, 0.6) is 0 Å². The van der Waals surface area contributed by atoms with Gasteiger partial charge in [0.2, 0.25) is 10.0 Å². The molecule has 1 aliphatic heterocycles. The molecule has 0 bridgehead atoms. The molecule has 1 N–H and O–H groups in total. The predicted molar refractivity (Wildman–Crippen MR) is 55.7 cm³/mol. The zero-order valence-electron chi connectivity index (χ0n) is 8.84. The van der Waals surface area contributed by atoms with Crippen LogP contribution in [0.1, 0.15) is 20.3 Å². The molecule has 1 fully saturated rings. The van der Waals surface area contributed by atoms with E-state index in [-0.39, 0.29) is 10.9 Å². The Morgan fingerprint density at radius 3 is 2.73 bits per heavy atom. The average Bonchev–Trinajstić information content (AvgIpc) is 2.74. The van der Waals surface area contributed by atoms with Gasteiger partial charge in [0.05, 0.1) is 6.20 Å². The van der Waals surface area contributed by atoms with E-state index >= 15 is 0 Å². The van der Waals surface area contributed by atoms with Crippen LogP contribution in [0.2, 0.25) is 0 Å². The lowest BCUT2D eigenvalue weighted by molar-refractivity contribution is 0.405. The van der Waals surface area contributed by atoms with E-state index < -0.39 is 10.0 Å². The fourth-order valence-electron chi connectivity index (χ4n) is 2.11. The number of H-pyrrole nitrogens is 1. The fourth-order valence-corrected chi connectivity index (χ4v) is 3.78. The van der Waals surface area contributed by atoms with Crippen LogP contribution < -0.4 is 0 Å². The molecule has 1 aromatic rings. The van der Waals surface area contributed by atoms with Crippen molar-refractivity contribution in [3.63, 3.8) is 0 Å². The van der Waals surface area contributed by atoms with E-state index in [2.05, 4.69) is 17.1 Å². The summed E-state index contributed by atoms with van der Waals surface area (Å²) in [7, 11) is -3.34. The third-order valence-corrected chi connectivity index (χ3v) is 4.75. The normalized spacial score (nSPS) is 28.4. The van der Waals surface area contributed by atoms with E-state index in [0.29, 0.717) is 12.5 Å². The van der Waals surface area contributed by atoms with Gasteiger partial charge in [-0.3, -0.25) is 5.10 Å². The molecular weight excluding hydrogens is 214 g/mol. The molecule has 2 unspecified atom stereocenters. The van der Waals surface area contributed by atoms with Gasteiger partial charge in [0, 0.05) is 18.8 Å². The Kier molecular flexibility index (Phi) is 2.56. The highest BCUT2D eigenvalue weighted by Crippen LogP contribution is 2.28. The van der Waals surface area contributed by atoms with Crippen LogP contribution >= 0.6 is 0 Å². The Morgan fingerprint density at radius 1 is 1.53 bits per heavy atom. The largest absolute Gasteiger partial charge is 0.284 e. The summed E-state index contributed by atoms with van der Waals surface area (Å²) in [5.74, 6) is 0.432. The maximum absolute atomic E-state index is 12.1. The number of hydrogen-bond acceptors (Lipinski definition) is 3. The topological polar surface area (TPSA) is 66.1 Å². The van der Waals surface area contributed by atoms with Gasteiger partial charge in [0.15, 0.2) is 0 Å². The molecule has 0 radical (unpaired) electrons. The van der Waals surface area contributed by atoms with Crippen LogP contribution in [-0.4, -0.2) is 35.5 Å². The summed E-state index contributed by atoms with van der Waals surface area (Å²) in [4.78, 5) is 0.253. The Bertz CT molecular complexity index is 426. The second-order valence-electron chi connectivity index (χ2n) is 4.20. The summed E-state index contributed by atoms with van der Waals surface area (Å²) in [5.41, 5.74) is 0. The fraction of sp³-hybridized carbons (Fsp3) is 0.667. The molecule has 0 saturated carbocycles. The van der Waals surface area contributed by atoms with Crippen LogP contribution in [0.4, 0.5) is 0 Å². The number of nitrogens with zero attached hydrogens (tertiary/aromatic N) is 2. The van der Waals surface area contributed by atoms with E-state index in [1.165, 1.54) is 12.4 Å². The number of aromatic amines is 1. The summed E-state index contributed by atoms with van der Waals surface area (Å²) >= 11 is 0. The number of nitrogens with one attached hydrogen (secondary N) is 1. The van der Waals surface area contributed by atoms with Crippen molar-refractivity contribution >= 4 is 10.0 Å². The maximum atomic E-state index is 12.1. The molecule has 84 valence electrons. The first-order valence-electron chi connectivity index (χ1n) is 5.02. The lowest BCUT2D eigenvalue weighted by Gasteiger charge is -2.19. The van der Waals surface area contributed by atoms with E-state index in [4.69, 9.17) is 0 Å². The molecule has 0 spiro atoms. The van der Waals surface area contributed by atoms with Crippen LogP contribution in [-0.2, 0) is 10.0 Å². The molecule has 0 amide bonds. The standard InChI is InChI=1S/C9H15N3O2S/c1-7-3-8(2)12(6-7)15(13,14)9-4-10-11-5-9/h4-5,7-8H,3,6H2,1-2H3,(H,10,11). The molecule has 15 heavy (non-hydrogen) atoms. The summed E-state index contributed by atoms with van der Waals surface area (Å²) in [6.45, 7) is 4.62. The molecule has 0 aliphatic carbocycles. The molecular formula is C9H15N3O2S. The third kappa shape index (κ3) is 1.79. The Labute approximate surface area is 89.5 Å². The molecule has 6 heteroatoms. The first-order chi connectivity index (χ1) is 7.01. The number of hydrogen-bond donors (Lipinski definition) is 1. The number of sulfonamides is 1. The van der Waals surface area contributed by atoms with Crippen LogP contribution in [0.15, 0.2) is 17.3 Å². The molecule has 2 atom stereocenters. The smallest absolute Gasteiger partial charge is 0.246 e. The minimum atomic E-state index is -3.34. The van der Waals surface area contributed by atoms with Gasteiger partial charge in [-0.2, -0.15) is 9.40 Å². The molecule has 2 rings (SSSR count). The van der Waals surface area contributed by atoms with Gasteiger partial charge in [0.25, 0.3) is 0 Å². The van der Waals surface area contributed by atoms with Crippen molar-refractivity contribution in [1.29, 1.82) is 0 Å². The van der Waals surface area contributed by atoms with Gasteiger partial charge in [-0.25, -0.2) is 8.42 Å². The van der Waals surface area contributed by atoms with Crippen molar-refractivity contribution in [2.75, 3.05) is 6.54 Å². The average molecular weight is 229 g/mol. The first kappa shape index (κ1) is 10.6. The van der Waals surface area contributed by atoms with Crippen molar-refractivity contribution in [3.8, 4) is 0 Å². The highest BCUT2D eigenvalue weighted by molar-refractivity contribution is 7.89. The van der Waals surface area contributed by atoms with Gasteiger partial charge in [-0.05, 0) is 19.3 Å². The Morgan fingerprint density at radius 2 is 2.27 bits per heavy atom. The molecule has 0 aromatic carbocycles. The number of rotatable bonds is 2. The lowest BCUT2D eigenvalue weighted by Crippen LogP contribution is -2.33. The molecule has 1 aliphatic rings. The minimum absolute atomic E-state index is 0.0832. The van der Waals surface area contributed by atoms with Crippen molar-refractivity contribution in [2.45, 2.75) is 31.2 Å². The van der Waals surface area contributed by atoms with Crippen LogP contribution in [0, 0.1) is 5.92 Å². The van der Waals surface area contributed by atoms with E-state index in [1.807, 2.05) is 6.92 Å². The highest BCUT2D eigenvalue weighted by Gasteiger charge is 2.36. The quantitative estimate of drug-likeness (QED) is 0.816. The van der Waals surface area contributed by atoms with E-state index in [1.54, 1.807) is 4.31 Å². The summed E-state index contributed by atoms with van der Waals surface area (Å²) in [6, 6.07) is 0.0832. The summed E-state index contributed by atoms with van der Waals surface area (Å²) in [6.07, 6.45) is 3.70. The van der Waals surface area contributed by atoms with Gasteiger partial charge >= 0.3 is 0 Å².